The van der Waals surface area contributed by atoms with Gasteiger partial charge in [-0.05, 0) is 41.5 Å². The van der Waals surface area contributed by atoms with Crippen LogP contribution in [0.2, 0.25) is 0 Å². The van der Waals surface area contributed by atoms with Gasteiger partial charge < -0.3 is 5.32 Å². The van der Waals surface area contributed by atoms with Gasteiger partial charge in [-0.3, -0.25) is 9.63 Å². The number of aromatic nitrogens is 2. The van der Waals surface area contributed by atoms with Crippen LogP contribution in [0.25, 0.3) is 0 Å². The van der Waals surface area contributed by atoms with E-state index in [1.807, 2.05) is 30.3 Å². The molecule has 130 valence electrons. The molecule has 6 nitrogen and oxygen atoms in total. The van der Waals surface area contributed by atoms with Crippen LogP contribution in [0.5, 0.6) is 0 Å². The normalized spacial score (nSPS) is 20.2. The molecule has 1 saturated heterocycles. The first-order chi connectivity index (χ1) is 11.2. The van der Waals surface area contributed by atoms with Crippen molar-refractivity contribution in [3.05, 3.63) is 47.2 Å². The second kappa shape index (κ2) is 9.29. The van der Waals surface area contributed by atoms with E-state index in [4.69, 9.17) is 16.4 Å². The fourth-order valence-corrected chi connectivity index (χ4v) is 3.42. The molecule has 0 aliphatic carbocycles. The minimum atomic E-state index is -0.595. The van der Waals surface area contributed by atoms with Crippen LogP contribution in [-0.2, 0) is 11.4 Å². The molecule has 0 radical (unpaired) electrons. The van der Waals surface area contributed by atoms with Gasteiger partial charge in [0.15, 0.2) is 0 Å². The Morgan fingerprint density at radius 1 is 1.38 bits per heavy atom. The topological polar surface area (TPSA) is 67.4 Å². The Balaban J connectivity index is 0.00000208. The predicted molar refractivity (Wildman–Crippen MR) is 95.2 cm³/mol. The van der Waals surface area contributed by atoms with Crippen LogP contribution in [0, 0.1) is 0 Å². The summed E-state index contributed by atoms with van der Waals surface area (Å²) in [6.45, 7) is 0.924. The van der Waals surface area contributed by atoms with Gasteiger partial charge in [-0.25, -0.2) is 10.0 Å². The lowest BCUT2D eigenvalue weighted by atomic mass is 10.0. The summed E-state index contributed by atoms with van der Waals surface area (Å²) in [5.41, 5.74) is 0.992. The standard InChI is InChI=1S/C15H17ClN4O2S.ClH/c16-15(21)20(22-9-11-4-2-1-3-5-11)12-6-7-13(17-8-12)14-18-10-19-23-14;/h1-5,10,12-13,17H,6-9H2;1H/t12-,13+;/m1./s1. The molecule has 0 unspecified atom stereocenters. The number of hydrogen-bond acceptors (Lipinski definition) is 6. The number of nitrogens with zero attached hydrogens (tertiary/aromatic N) is 3. The number of carbonyl (C=O) groups excluding carboxylic acids is 1. The third-order valence-electron chi connectivity index (χ3n) is 3.78. The van der Waals surface area contributed by atoms with Gasteiger partial charge in [0.25, 0.3) is 0 Å². The Kier molecular flexibility index (Phi) is 7.39. The quantitative estimate of drug-likeness (QED) is 0.481. The van der Waals surface area contributed by atoms with E-state index in [0.717, 1.165) is 23.4 Å². The van der Waals surface area contributed by atoms with Crippen molar-refractivity contribution < 1.29 is 9.63 Å². The Morgan fingerprint density at radius 2 is 2.17 bits per heavy atom. The maximum atomic E-state index is 11.7. The van der Waals surface area contributed by atoms with Crippen LogP contribution in [0.3, 0.4) is 0 Å². The summed E-state index contributed by atoms with van der Waals surface area (Å²) < 4.78 is 4.02. The summed E-state index contributed by atoms with van der Waals surface area (Å²) in [5.74, 6) is 0. The molecule has 0 saturated carbocycles. The van der Waals surface area contributed by atoms with E-state index in [0.29, 0.717) is 13.2 Å². The average Bonchev–Trinajstić information content (AvgIpc) is 3.11. The first-order valence-electron chi connectivity index (χ1n) is 7.39. The smallest absolute Gasteiger partial charge is 0.306 e. The van der Waals surface area contributed by atoms with Crippen molar-refractivity contribution in [3.8, 4) is 0 Å². The molecule has 1 N–H and O–H groups in total. The minimum Gasteiger partial charge on any atom is -0.306 e. The van der Waals surface area contributed by atoms with E-state index in [1.165, 1.54) is 16.6 Å². The molecule has 9 heteroatoms. The van der Waals surface area contributed by atoms with Crippen LogP contribution < -0.4 is 5.32 Å². The van der Waals surface area contributed by atoms with Gasteiger partial charge in [-0.2, -0.15) is 4.37 Å². The van der Waals surface area contributed by atoms with Gasteiger partial charge in [0.05, 0.1) is 12.1 Å². The number of benzene rings is 1. The highest BCUT2D eigenvalue weighted by atomic mass is 35.5. The van der Waals surface area contributed by atoms with Crippen molar-refractivity contribution in [2.75, 3.05) is 6.54 Å². The fourth-order valence-electron chi connectivity index (χ4n) is 2.61. The van der Waals surface area contributed by atoms with Crippen LogP contribution in [0.15, 0.2) is 36.7 Å². The molecule has 0 spiro atoms. The second-order valence-corrected chi connectivity index (χ2v) is 6.44. The number of halogens is 2. The molecule has 3 rings (SSSR count). The molecule has 1 aromatic heterocycles. The molecule has 24 heavy (non-hydrogen) atoms. The first kappa shape index (κ1) is 19.1. The summed E-state index contributed by atoms with van der Waals surface area (Å²) >= 11 is 7.08. The maximum absolute atomic E-state index is 11.7. The van der Waals surface area contributed by atoms with Crippen molar-refractivity contribution in [2.24, 2.45) is 0 Å². The van der Waals surface area contributed by atoms with Crippen molar-refractivity contribution in [2.45, 2.75) is 31.5 Å². The highest BCUT2D eigenvalue weighted by molar-refractivity contribution is 7.05. The van der Waals surface area contributed by atoms with Crippen molar-refractivity contribution >= 4 is 40.9 Å². The monoisotopic (exact) mass is 388 g/mol. The zero-order valence-corrected chi connectivity index (χ0v) is 15.2. The lowest BCUT2D eigenvalue weighted by molar-refractivity contribution is -0.152. The number of piperidine rings is 1. The zero-order valence-electron chi connectivity index (χ0n) is 12.8. The highest BCUT2D eigenvalue weighted by Crippen LogP contribution is 2.26. The molecule has 1 amide bonds. The van der Waals surface area contributed by atoms with Gasteiger partial charge in [-0.1, -0.05) is 30.3 Å². The third-order valence-corrected chi connectivity index (χ3v) is 4.73. The maximum Gasteiger partial charge on any atom is 0.340 e. The van der Waals surface area contributed by atoms with Crippen molar-refractivity contribution in [1.82, 2.24) is 19.7 Å². The van der Waals surface area contributed by atoms with Gasteiger partial charge >= 0.3 is 5.37 Å². The molecule has 1 fully saturated rings. The molecular weight excluding hydrogens is 371 g/mol. The lowest BCUT2D eigenvalue weighted by Crippen LogP contribution is -2.47. The fraction of sp³-hybridized carbons (Fsp3) is 0.400. The minimum absolute atomic E-state index is 0. The molecule has 2 atom stereocenters. The van der Waals surface area contributed by atoms with Gasteiger partial charge in [0.1, 0.15) is 17.9 Å². The number of rotatable bonds is 5. The number of amides is 1. The third kappa shape index (κ3) is 4.87. The zero-order chi connectivity index (χ0) is 16.1. The molecule has 2 aromatic rings. The highest BCUT2D eigenvalue weighted by Gasteiger charge is 2.30. The van der Waals surface area contributed by atoms with Gasteiger partial charge in [0, 0.05) is 6.54 Å². The SMILES string of the molecule is Cl.O=C(Cl)N(OCc1ccccc1)[C@@H]1CC[C@@H](c2ncns2)NC1. The first-order valence-corrected chi connectivity index (χ1v) is 8.54. The molecule has 1 aromatic carbocycles. The molecular formula is C15H18Cl2N4O2S. The number of hydrogen-bond donors (Lipinski definition) is 1. The molecule has 0 bridgehead atoms. The van der Waals surface area contributed by atoms with Gasteiger partial charge in [-0.15, -0.1) is 12.4 Å². The molecule has 2 heterocycles. The summed E-state index contributed by atoms with van der Waals surface area (Å²) in [6.07, 6.45) is 3.21. The van der Waals surface area contributed by atoms with E-state index in [-0.39, 0.29) is 24.5 Å². The second-order valence-electron chi connectivity index (χ2n) is 5.31. The van der Waals surface area contributed by atoms with Crippen molar-refractivity contribution in [3.63, 3.8) is 0 Å². The molecule has 1 aliphatic rings. The number of nitrogens with one attached hydrogen (secondary N) is 1. The summed E-state index contributed by atoms with van der Waals surface area (Å²) in [6, 6.07) is 9.78. The summed E-state index contributed by atoms with van der Waals surface area (Å²) in [4.78, 5) is 21.6. The lowest BCUT2D eigenvalue weighted by Gasteiger charge is -2.34. The van der Waals surface area contributed by atoms with Crippen molar-refractivity contribution in [1.29, 1.82) is 0 Å². The van der Waals surface area contributed by atoms with Crippen LogP contribution >= 0.6 is 35.5 Å². The number of hydroxylamine groups is 2. The Labute approximate surface area is 155 Å². The van der Waals surface area contributed by atoms with Crippen LogP contribution in [-0.4, -0.2) is 32.4 Å². The summed E-state index contributed by atoms with van der Waals surface area (Å²) in [7, 11) is 0. The van der Waals surface area contributed by atoms with Crippen LogP contribution in [0.4, 0.5) is 4.79 Å². The van der Waals surface area contributed by atoms with Crippen LogP contribution in [0.1, 0.15) is 29.5 Å². The van der Waals surface area contributed by atoms with E-state index in [9.17, 15) is 4.79 Å². The predicted octanol–water partition coefficient (Wildman–Crippen LogP) is 3.55. The van der Waals surface area contributed by atoms with E-state index in [1.54, 1.807) is 6.33 Å². The van der Waals surface area contributed by atoms with E-state index in [2.05, 4.69) is 14.7 Å². The van der Waals surface area contributed by atoms with E-state index < -0.39 is 5.37 Å². The Morgan fingerprint density at radius 3 is 2.75 bits per heavy atom. The Hall–Kier alpha value is -1.25. The Bertz CT molecular complexity index is 622. The largest absolute Gasteiger partial charge is 0.340 e. The number of carbonyl (C=O) groups is 1. The average molecular weight is 389 g/mol. The van der Waals surface area contributed by atoms with Gasteiger partial charge in [0.2, 0.25) is 0 Å². The summed E-state index contributed by atoms with van der Waals surface area (Å²) in [5, 5.41) is 5.03. The molecule has 1 aliphatic heterocycles. The van der Waals surface area contributed by atoms with E-state index >= 15 is 0 Å².